The van der Waals surface area contributed by atoms with Gasteiger partial charge in [-0.15, -0.1) is 0 Å². The van der Waals surface area contributed by atoms with Gasteiger partial charge in [-0.25, -0.2) is 0 Å². The van der Waals surface area contributed by atoms with Gasteiger partial charge in [-0.2, -0.15) is 13.2 Å². The number of piperidine rings is 1. The van der Waals surface area contributed by atoms with Crippen LogP contribution in [0.2, 0.25) is 0 Å². The van der Waals surface area contributed by atoms with Crippen molar-refractivity contribution < 1.29 is 23.1 Å². The van der Waals surface area contributed by atoms with Crippen molar-refractivity contribution in [1.82, 2.24) is 5.32 Å². The Bertz CT molecular complexity index is 217. The fraction of sp³-hybridized carbons (Fsp3) is 0.875. The third kappa shape index (κ3) is 3.17. The molecule has 1 rings (SSSR count). The number of hydrogen-bond donors (Lipinski definition) is 2. The Hall–Kier alpha value is -0.780. The van der Waals surface area contributed by atoms with E-state index < -0.39 is 24.1 Å². The van der Waals surface area contributed by atoms with Gasteiger partial charge >= 0.3 is 12.1 Å². The number of nitrogens with one attached hydrogen (secondary N) is 1. The van der Waals surface area contributed by atoms with Crippen molar-refractivity contribution in [1.29, 1.82) is 0 Å². The smallest absolute Gasteiger partial charge is 0.391 e. The highest BCUT2D eigenvalue weighted by Gasteiger charge is 2.42. The highest BCUT2D eigenvalue weighted by molar-refractivity contribution is 5.67. The minimum atomic E-state index is -4.20. The maximum Gasteiger partial charge on any atom is 0.391 e. The topological polar surface area (TPSA) is 49.3 Å². The van der Waals surface area contributed by atoms with E-state index in [0.717, 1.165) is 0 Å². The van der Waals surface area contributed by atoms with Crippen LogP contribution in [0.25, 0.3) is 0 Å². The Morgan fingerprint density at radius 2 is 2.14 bits per heavy atom. The molecule has 1 saturated heterocycles. The zero-order valence-electron chi connectivity index (χ0n) is 7.47. The summed E-state index contributed by atoms with van der Waals surface area (Å²) >= 11 is 0. The van der Waals surface area contributed by atoms with E-state index >= 15 is 0 Å². The van der Waals surface area contributed by atoms with Gasteiger partial charge in [-0.05, 0) is 19.4 Å². The molecular weight excluding hydrogens is 199 g/mol. The summed E-state index contributed by atoms with van der Waals surface area (Å²) in [7, 11) is 0. The summed E-state index contributed by atoms with van der Waals surface area (Å²) in [6.45, 7) is 0.238. The summed E-state index contributed by atoms with van der Waals surface area (Å²) in [6, 6.07) is -0.548. The molecule has 0 aromatic carbocycles. The maximum atomic E-state index is 12.3. The monoisotopic (exact) mass is 211 g/mol. The quantitative estimate of drug-likeness (QED) is 0.725. The number of carbonyl (C=O) groups is 1. The van der Waals surface area contributed by atoms with Crippen molar-refractivity contribution in [3.8, 4) is 0 Å². The third-order valence-electron chi connectivity index (χ3n) is 2.38. The summed E-state index contributed by atoms with van der Waals surface area (Å²) in [6.07, 6.45) is -4.53. The average molecular weight is 211 g/mol. The normalized spacial score (nSPS) is 28.8. The van der Waals surface area contributed by atoms with E-state index in [1.54, 1.807) is 0 Å². The van der Waals surface area contributed by atoms with Crippen molar-refractivity contribution in [2.24, 2.45) is 5.92 Å². The van der Waals surface area contributed by atoms with Crippen molar-refractivity contribution in [3.63, 3.8) is 0 Å². The molecular formula is C8H12F3NO2. The van der Waals surface area contributed by atoms with Gasteiger partial charge in [0.1, 0.15) is 0 Å². The zero-order chi connectivity index (χ0) is 10.8. The second-order valence-electron chi connectivity index (χ2n) is 3.51. The van der Waals surface area contributed by atoms with Gasteiger partial charge in [0.05, 0.1) is 12.3 Å². The van der Waals surface area contributed by atoms with Crippen LogP contribution in [0, 0.1) is 5.92 Å². The molecule has 1 heterocycles. The van der Waals surface area contributed by atoms with Gasteiger partial charge in [0, 0.05) is 6.04 Å². The van der Waals surface area contributed by atoms with Gasteiger partial charge in [0.25, 0.3) is 0 Å². The van der Waals surface area contributed by atoms with Gasteiger partial charge in [-0.1, -0.05) is 0 Å². The number of hydrogen-bond acceptors (Lipinski definition) is 2. The summed E-state index contributed by atoms with van der Waals surface area (Å²) < 4.78 is 36.8. The third-order valence-corrected chi connectivity index (χ3v) is 2.38. The lowest BCUT2D eigenvalue weighted by Crippen LogP contribution is -2.43. The Morgan fingerprint density at radius 1 is 1.50 bits per heavy atom. The molecule has 0 aliphatic carbocycles. The molecule has 1 aliphatic heterocycles. The summed E-state index contributed by atoms with van der Waals surface area (Å²) in [4.78, 5) is 10.3. The van der Waals surface area contributed by atoms with Crippen molar-refractivity contribution in [2.45, 2.75) is 31.5 Å². The predicted octanol–water partition coefficient (Wildman–Crippen LogP) is 1.39. The molecule has 2 N–H and O–H groups in total. The SMILES string of the molecule is O=C(O)C[C@H]1C[C@H](C(F)(F)F)CCN1. The lowest BCUT2D eigenvalue weighted by atomic mass is 9.90. The molecule has 0 spiro atoms. The summed E-state index contributed by atoms with van der Waals surface area (Å²) in [5, 5.41) is 11.2. The van der Waals surface area contributed by atoms with Gasteiger partial charge in [-0.3, -0.25) is 4.79 Å². The molecule has 0 unspecified atom stereocenters. The maximum absolute atomic E-state index is 12.3. The Balaban J connectivity index is 2.48. The number of halogens is 3. The van der Waals surface area contributed by atoms with Gasteiger partial charge in [0.2, 0.25) is 0 Å². The first-order valence-corrected chi connectivity index (χ1v) is 4.41. The molecule has 0 bridgehead atoms. The molecule has 0 aromatic heterocycles. The van der Waals surface area contributed by atoms with Crippen LogP contribution in [0.4, 0.5) is 13.2 Å². The number of carboxylic acid groups (broad SMARTS) is 1. The van der Waals surface area contributed by atoms with Crippen LogP contribution < -0.4 is 5.32 Å². The second kappa shape index (κ2) is 4.16. The lowest BCUT2D eigenvalue weighted by Gasteiger charge is -2.30. The fourth-order valence-electron chi connectivity index (χ4n) is 1.67. The predicted molar refractivity (Wildman–Crippen MR) is 42.8 cm³/mol. The van der Waals surface area contributed by atoms with E-state index in [-0.39, 0.29) is 25.8 Å². The minimum Gasteiger partial charge on any atom is -0.481 e. The van der Waals surface area contributed by atoms with Crippen LogP contribution in [0.15, 0.2) is 0 Å². The van der Waals surface area contributed by atoms with Crippen LogP contribution in [0.3, 0.4) is 0 Å². The first-order valence-electron chi connectivity index (χ1n) is 4.41. The van der Waals surface area contributed by atoms with Crippen LogP contribution in [-0.4, -0.2) is 29.8 Å². The molecule has 14 heavy (non-hydrogen) atoms. The molecule has 0 radical (unpaired) electrons. The van der Waals surface area contributed by atoms with Crippen molar-refractivity contribution in [2.75, 3.05) is 6.54 Å². The van der Waals surface area contributed by atoms with E-state index in [2.05, 4.69) is 5.32 Å². The van der Waals surface area contributed by atoms with Crippen LogP contribution in [0.1, 0.15) is 19.3 Å². The van der Waals surface area contributed by atoms with Crippen molar-refractivity contribution in [3.05, 3.63) is 0 Å². The highest BCUT2D eigenvalue weighted by atomic mass is 19.4. The first-order chi connectivity index (χ1) is 6.39. The summed E-state index contributed by atoms with van der Waals surface area (Å²) in [5.41, 5.74) is 0. The lowest BCUT2D eigenvalue weighted by molar-refractivity contribution is -0.183. The van der Waals surface area contributed by atoms with Crippen molar-refractivity contribution >= 4 is 5.97 Å². The van der Waals surface area contributed by atoms with Crippen LogP contribution in [-0.2, 0) is 4.79 Å². The van der Waals surface area contributed by atoms with E-state index in [0.29, 0.717) is 0 Å². The second-order valence-corrected chi connectivity index (χ2v) is 3.51. The van der Waals surface area contributed by atoms with E-state index in [9.17, 15) is 18.0 Å². The fourth-order valence-corrected chi connectivity index (χ4v) is 1.67. The zero-order valence-corrected chi connectivity index (χ0v) is 7.47. The average Bonchev–Trinajstić information content (AvgIpc) is 2.01. The Kier molecular flexibility index (Phi) is 3.36. The van der Waals surface area contributed by atoms with Gasteiger partial charge < -0.3 is 10.4 Å². The van der Waals surface area contributed by atoms with E-state index in [4.69, 9.17) is 5.11 Å². The van der Waals surface area contributed by atoms with E-state index in [1.165, 1.54) is 0 Å². The number of aliphatic carboxylic acids is 1. The Labute approximate surface area is 79.3 Å². The highest BCUT2D eigenvalue weighted by Crippen LogP contribution is 2.34. The summed E-state index contributed by atoms with van der Waals surface area (Å²) in [5.74, 6) is -2.42. The Morgan fingerprint density at radius 3 is 2.64 bits per heavy atom. The standard InChI is InChI=1S/C8H12F3NO2/c9-8(10,11)5-1-2-12-6(3-5)4-7(13)14/h5-6,12H,1-4H2,(H,13,14)/t5-,6-/m1/s1. The molecule has 0 amide bonds. The number of carboxylic acids is 1. The largest absolute Gasteiger partial charge is 0.481 e. The molecule has 2 atom stereocenters. The molecule has 3 nitrogen and oxygen atoms in total. The molecule has 82 valence electrons. The van der Waals surface area contributed by atoms with Gasteiger partial charge in [0.15, 0.2) is 0 Å². The molecule has 1 fully saturated rings. The first kappa shape index (κ1) is 11.3. The van der Waals surface area contributed by atoms with Crippen LogP contribution in [0.5, 0.6) is 0 Å². The molecule has 0 saturated carbocycles. The van der Waals surface area contributed by atoms with Crippen LogP contribution >= 0.6 is 0 Å². The van der Waals surface area contributed by atoms with E-state index in [1.807, 2.05) is 0 Å². The number of alkyl halides is 3. The minimum absolute atomic E-state index is 0.0413. The molecule has 0 aromatic rings. The molecule has 6 heteroatoms. The number of rotatable bonds is 2. The molecule has 1 aliphatic rings.